The van der Waals surface area contributed by atoms with E-state index in [1.165, 1.54) is 0 Å². The molecule has 0 saturated carbocycles. The van der Waals surface area contributed by atoms with Crippen molar-refractivity contribution in [1.29, 1.82) is 0 Å². The molecule has 0 atom stereocenters. The molecular formula is C20H21ClN4O. The third-order valence-corrected chi connectivity index (χ3v) is 3.84. The third kappa shape index (κ3) is 4.86. The van der Waals surface area contributed by atoms with Gasteiger partial charge in [-0.05, 0) is 68.8 Å². The predicted molar refractivity (Wildman–Crippen MR) is 107 cm³/mol. The number of aryl methyl sites for hydroxylation is 1. The molecule has 6 heteroatoms. The SMILES string of the molecule is Cc1ccc(Cl)cc1Nc1ccnc(Nc2ccc(OC(C)C)cc2)n1. The molecule has 3 aromatic rings. The Kier molecular flexibility index (Phi) is 5.58. The van der Waals surface area contributed by atoms with Crippen molar-refractivity contribution in [1.82, 2.24) is 9.97 Å². The summed E-state index contributed by atoms with van der Waals surface area (Å²) in [5, 5.41) is 7.14. The van der Waals surface area contributed by atoms with Crippen molar-refractivity contribution in [3.63, 3.8) is 0 Å². The van der Waals surface area contributed by atoms with Gasteiger partial charge in [-0.1, -0.05) is 17.7 Å². The minimum atomic E-state index is 0.148. The van der Waals surface area contributed by atoms with Crippen LogP contribution in [-0.2, 0) is 0 Å². The number of nitrogens with one attached hydrogen (secondary N) is 2. The Morgan fingerprint density at radius 2 is 1.77 bits per heavy atom. The maximum absolute atomic E-state index is 6.07. The van der Waals surface area contributed by atoms with Gasteiger partial charge in [0.25, 0.3) is 0 Å². The molecule has 0 fully saturated rings. The van der Waals surface area contributed by atoms with E-state index in [-0.39, 0.29) is 6.10 Å². The van der Waals surface area contributed by atoms with Gasteiger partial charge in [-0.15, -0.1) is 0 Å². The summed E-state index contributed by atoms with van der Waals surface area (Å²) in [5.41, 5.74) is 2.89. The summed E-state index contributed by atoms with van der Waals surface area (Å²) in [7, 11) is 0. The average molecular weight is 369 g/mol. The van der Waals surface area contributed by atoms with Crippen LogP contribution in [0.2, 0.25) is 5.02 Å². The first kappa shape index (κ1) is 18.0. The second kappa shape index (κ2) is 8.06. The second-order valence-corrected chi connectivity index (χ2v) is 6.60. The van der Waals surface area contributed by atoms with Crippen LogP contribution in [0.25, 0.3) is 0 Å². The zero-order chi connectivity index (χ0) is 18.5. The Bertz CT molecular complexity index is 881. The number of aromatic nitrogens is 2. The van der Waals surface area contributed by atoms with Crippen molar-refractivity contribution in [3.8, 4) is 5.75 Å². The molecular weight excluding hydrogens is 348 g/mol. The first-order valence-electron chi connectivity index (χ1n) is 8.39. The van der Waals surface area contributed by atoms with E-state index in [4.69, 9.17) is 16.3 Å². The van der Waals surface area contributed by atoms with Crippen LogP contribution in [0.5, 0.6) is 5.75 Å². The van der Waals surface area contributed by atoms with E-state index in [0.29, 0.717) is 16.8 Å². The first-order chi connectivity index (χ1) is 12.5. The molecule has 0 amide bonds. The lowest BCUT2D eigenvalue weighted by Gasteiger charge is -2.12. The molecule has 2 aromatic carbocycles. The fourth-order valence-electron chi connectivity index (χ4n) is 2.37. The van der Waals surface area contributed by atoms with Crippen LogP contribution in [0.3, 0.4) is 0 Å². The van der Waals surface area contributed by atoms with E-state index in [1.807, 2.05) is 69.3 Å². The number of hydrogen-bond donors (Lipinski definition) is 2. The van der Waals surface area contributed by atoms with Crippen molar-refractivity contribution < 1.29 is 4.74 Å². The number of halogens is 1. The summed E-state index contributed by atoms with van der Waals surface area (Å²) in [5.74, 6) is 2.03. The van der Waals surface area contributed by atoms with Gasteiger partial charge in [0.15, 0.2) is 0 Å². The summed E-state index contributed by atoms with van der Waals surface area (Å²) in [4.78, 5) is 8.76. The molecule has 0 aliphatic heterocycles. The van der Waals surface area contributed by atoms with Gasteiger partial charge < -0.3 is 15.4 Å². The van der Waals surface area contributed by atoms with E-state index < -0.39 is 0 Å². The monoisotopic (exact) mass is 368 g/mol. The molecule has 5 nitrogen and oxygen atoms in total. The smallest absolute Gasteiger partial charge is 0.229 e. The lowest BCUT2D eigenvalue weighted by molar-refractivity contribution is 0.242. The molecule has 0 radical (unpaired) electrons. The molecule has 26 heavy (non-hydrogen) atoms. The fraction of sp³-hybridized carbons (Fsp3) is 0.200. The Balaban J connectivity index is 1.72. The highest BCUT2D eigenvalue weighted by Crippen LogP contribution is 2.24. The van der Waals surface area contributed by atoms with Gasteiger partial charge in [0.2, 0.25) is 5.95 Å². The maximum Gasteiger partial charge on any atom is 0.229 e. The molecule has 0 bridgehead atoms. The lowest BCUT2D eigenvalue weighted by atomic mass is 10.2. The van der Waals surface area contributed by atoms with Crippen LogP contribution in [0.15, 0.2) is 54.7 Å². The summed E-state index contributed by atoms with van der Waals surface area (Å²) in [6.45, 7) is 6.01. The number of nitrogens with zero attached hydrogens (tertiary/aromatic N) is 2. The Hall–Kier alpha value is -2.79. The van der Waals surface area contributed by atoms with Gasteiger partial charge in [-0.25, -0.2) is 4.98 Å². The quantitative estimate of drug-likeness (QED) is 0.583. The van der Waals surface area contributed by atoms with Crippen LogP contribution in [-0.4, -0.2) is 16.1 Å². The largest absolute Gasteiger partial charge is 0.491 e. The molecule has 1 heterocycles. The zero-order valence-electron chi connectivity index (χ0n) is 15.0. The number of hydrogen-bond acceptors (Lipinski definition) is 5. The molecule has 0 aliphatic carbocycles. The van der Waals surface area contributed by atoms with Crippen LogP contribution >= 0.6 is 11.6 Å². The van der Waals surface area contributed by atoms with Crippen LogP contribution < -0.4 is 15.4 Å². The van der Waals surface area contributed by atoms with Gasteiger partial charge in [0, 0.05) is 22.6 Å². The van der Waals surface area contributed by atoms with Crippen LogP contribution in [0.1, 0.15) is 19.4 Å². The lowest BCUT2D eigenvalue weighted by Crippen LogP contribution is -2.05. The van der Waals surface area contributed by atoms with Crippen molar-refractivity contribution in [2.24, 2.45) is 0 Å². The fourth-order valence-corrected chi connectivity index (χ4v) is 2.55. The van der Waals surface area contributed by atoms with Gasteiger partial charge in [0.1, 0.15) is 11.6 Å². The van der Waals surface area contributed by atoms with E-state index in [1.54, 1.807) is 6.20 Å². The van der Waals surface area contributed by atoms with Crippen LogP contribution in [0, 0.1) is 6.92 Å². The average Bonchev–Trinajstić information content (AvgIpc) is 2.60. The number of anilines is 4. The minimum Gasteiger partial charge on any atom is -0.491 e. The van der Waals surface area contributed by atoms with Crippen molar-refractivity contribution in [3.05, 3.63) is 65.3 Å². The molecule has 0 spiro atoms. The van der Waals surface area contributed by atoms with E-state index in [0.717, 1.165) is 22.7 Å². The van der Waals surface area contributed by atoms with Gasteiger partial charge in [-0.3, -0.25) is 0 Å². The van der Waals surface area contributed by atoms with E-state index in [9.17, 15) is 0 Å². The Morgan fingerprint density at radius 1 is 1.00 bits per heavy atom. The van der Waals surface area contributed by atoms with E-state index in [2.05, 4.69) is 20.6 Å². The summed E-state index contributed by atoms with van der Waals surface area (Å²) < 4.78 is 5.65. The highest BCUT2D eigenvalue weighted by Gasteiger charge is 2.04. The van der Waals surface area contributed by atoms with Crippen molar-refractivity contribution in [2.75, 3.05) is 10.6 Å². The summed E-state index contributed by atoms with van der Waals surface area (Å²) in [6.07, 6.45) is 1.85. The standard InChI is InChI=1S/C20H21ClN4O/c1-13(2)26-17-8-6-16(7-9-17)23-20-22-11-10-19(25-20)24-18-12-15(21)5-4-14(18)3/h4-13H,1-3H3,(H2,22,23,24,25). The molecule has 0 saturated heterocycles. The summed E-state index contributed by atoms with van der Waals surface area (Å²) >= 11 is 6.07. The number of rotatable bonds is 6. The number of ether oxygens (including phenoxy) is 1. The second-order valence-electron chi connectivity index (χ2n) is 6.17. The molecule has 0 aliphatic rings. The molecule has 0 unspecified atom stereocenters. The molecule has 2 N–H and O–H groups in total. The normalized spacial score (nSPS) is 10.7. The molecule has 3 rings (SSSR count). The molecule has 1 aromatic heterocycles. The number of benzene rings is 2. The first-order valence-corrected chi connectivity index (χ1v) is 8.77. The summed E-state index contributed by atoms with van der Waals surface area (Å²) in [6, 6.07) is 15.2. The highest BCUT2D eigenvalue weighted by molar-refractivity contribution is 6.30. The van der Waals surface area contributed by atoms with Gasteiger partial charge >= 0.3 is 0 Å². The van der Waals surface area contributed by atoms with Gasteiger partial charge in [0.05, 0.1) is 6.10 Å². The Morgan fingerprint density at radius 3 is 2.50 bits per heavy atom. The van der Waals surface area contributed by atoms with Crippen molar-refractivity contribution in [2.45, 2.75) is 26.9 Å². The van der Waals surface area contributed by atoms with Gasteiger partial charge in [-0.2, -0.15) is 4.98 Å². The van der Waals surface area contributed by atoms with E-state index >= 15 is 0 Å². The van der Waals surface area contributed by atoms with Crippen molar-refractivity contribution >= 4 is 34.7 Å². The predicted octanol–water partition coefficient (Wildman–Crippen LogP) is 5.71. The maximum atomic E-state index is 6.07. The molecule has 134 valence electrons. The highest BCUT2D eigenvalue weighted by atomic mass is 35.5. The topological polar surface area (TPSA) is 59.1 Å². The Labute approximate surface area is 158 Å². The zero-order valence-corrected chi connectivity index (χ0v) is 15.7. The minimum absolute atomic E-state index is 0.148. The van der Waals surface area contributed by atoms with Crippen LogP contribution in [0.4, 0.5) is 23.1 Å². The third-order valence-electron chi connectivity index (χ3n) is 3.60.